The zero-order valence-electron chi connectivity index (χ0n) is 25.4. The first-order valence-electron chi connectivity index (χ1n) is 15.3. The van der Waals surface area contributed by atoms with Crippen molar-refractivity contribution >= 4 is 38.9 Å². The molecule has 0 spiro atoms. The first-order valence-corrected chi connectivity index (χ1v) is 15.3. The number of benzene rings is 4. The van der Waals surface area contributed by atoms with Crippen molar-refractivity contribution in [3.63, 3.8) is 0 Å². The lowest BCUT2D eigenvalue weighted by molar-refractivity contribution is -0.288. The van der Waals surface area contributed by atoms with E-state index in [0.29, 0.717) is 17.9 Å². The maximum absolute atomic E-state index is 15.1. The van der Waals surface area contributed by atoms with Crippen LogP contribution < -0.4 is 0 Å². The maximum Gasteiger partial charge on any atom is 0.411 e. The van der Waals surface area contributed by atoms with E-state index in [4.69, 9.17) is 0 Å². The number of halogens is 6. The molecule has 0 fully saturated rings. The van der Waals surface area contributed by atoms with Crippen LogP contribution in [0.5, 0.6) is 0 Å². The molecule has 0 saturated carbocycles. The van der Waals surface area contributed by atoms with Crippen molar-refractivity contribution in [1.29, 1.82) is 0 Å². The van der Waals surface area contributed by atoms with Gasteiger partial charge in [0.1, 0.15) is 0 Å². The van der Waals surface area contributed by atoms with E-state index in [2.05, 4.69) is 9.98 Å². The highest BCUT2D eigenvalue weighted by atomic mass is 19.4. The van der Waals surface area contributed by atoms with Crippen LogP contribution in [0.15, 0.2) is 121 Å². The number of hydrogen-bond donors (Lipinski definition) is 0. The van der Waals surface area contributed by atoms with Gasteiger partial charge in [0.15, 0.2) is 0 Å². The molecular formula is C38H26F6N4. The van der Waals surface area contributed by atoms with Crippen LogP contribution in [0, 0.1) is 0 Å². The van der Waals surface area contributed by atoms with Crippen molar-refractivity contribution < 1.29 is 26.3 Å². The molecule has 4 nitrogen and oxygen atoms in total. The van der Waals surface area contributed by atoms with Crippen molar-refractivity contribution in [1.82, 2.24) is 14.1 Å². The van der Waals surface area contributed by atoms with E-state index in [0.717, 1.165) is 68.2 Å². The van der Waals surface area contributed by atoms with E-state index in [1.54, 1.807) is 24.7 Å². The van der Waals surface area contributed by atoms with E-state index < -0.39 is 28.9 Å². The van der Waals surface area contributed by atoms with Gasteiger partial charge in [0.25, 0.3) is 0 Å². The quantitative estimate of drug-likeness (QED) is 0.174. The van der Waals surface area contributed by atoms with Crippen molar-refractivity contribution in [3.05, 3.63) is 138 Å². The van der Waals surface area contributed by atoms with Crippen LogP contribution in [0.25, 0.3) is 44.1 Å². The SMILES string of the molecule is CC1CN=Cc2c1n(-c1ccc(C(c3ccc(-n4c5ccccc5c5cnccc54)cc3)(C(F)(F)F)C(F)(F)F)cc1)c1ccccc21. The van der Waals surface area contributed by atoms with Gasteiger partial charge < -0.3 is 9.13 Å². The molecule has 1 atom stereocenters. The number of fused-ring (bicyclic) bond motifs is 6. The number of pyridine rings is 1. The smallest absolute Gasteiger partial charge is 0.313 e. The fourth-order valence-corrected chi connectivity index (χ4v) is 7.37. The molecule has 0 radical (unpaired) electrons. The van der Waals surface area contributed by atoms with Gasteiger partial charge in [-0.2, -0.15) is 26.3 Å². The van der Waals surface area contributed by atoms with Crippen molar-refractivity contribution in [2.75, 3.05) is 6.54 Å². The molecule has 48 heavy (non-hydrogen) atoms. The molecule has 240 valence electrons. The van der Waals surface area contributed by atoms with E-state index >= 15 is 26.3 Å². The molecule has 8 rings (SSSR count). The van der Waals surface area contributed by atoms with E-state index in [1.165, 1.54) is 24.3 Å². The lowest BCUT2D eigenvalue weighted by atomic mass is 9.73. The number of hydrogen-bond acceptors (Lipinski definition) is 2. The fourth-order valence-electron chi connectivity index (χ4n) is 7.37. The molecular weight excluding hydrogens is 626 g/mol. The second-order valence-corrected chi connectivity index (χ2v) is 12.1. The number of para-hydroxylation sites is 2. The Labute approximate surface area is 270 Å². The highest BCUT2D eigenvalue weighted by Gasteiger charge is 2.72. The topological polar surface area (TPSA) is 35.1 Å². The van der Waals surface area contributed by atoms with Gasteiger partial charge >= 0.3 is 12.4 Å². The number of nitrogens with zero attached hydrogens (tertiary/aromatic N) is 4. The van der Waals surface area contributed by atoms with Crippen molar-refractivity contribution in [3.8, 4) is 11.4 Å². The lowest BCUT2D eigenvalue weighted by Gasteiger charge is -2.38. The summed E-state index contributed by atoms with van der Waals surface area (Å²) in [5.74, 6) is -0.00849. The molecule has 1 aliphatic rings. The summed E-state index contributed by atoms with van der Waals surface area (Å²) in [6, 6.07) is 25.8. The third-order valence-electron chi connectivity index (χ3n) is 9.46. The second-order valence-electron chi connectivity index (χ2n) is 12.1. The predicted octanol–water partition coefficient (Wildman–Crippen LogP) is 10.1. The van der Waals surface area contributed by atoms with Gasteiger partial charge in [-0.25, -0.2) is 0 Å². The summed E-state index contributed by atoms with van der Waals surface area (Å²) in [6.45, 7) is 2.52. The number of rotatable bonds is 4. The molecule has 0 aliphatic carbocycles. The third-order valence-corrected chi connectivity index (χ3v) is 9.46. The molecule has 4 heterocycles. The van der Waals surface area contributed by atoms with Gasteiger partial charge in [-0.05, 0) is 53.6 Å². The van der Waals surface area contributed by atoms with Gasteiger partial charge in [0.2, 0.25) is 5.41 Å². The van der Waals surface area contributed by atoms with E-state index in [-0.39, 0.29) is 5.92 Å². The Morgan fingerprint density at radius 3 is 1.73 bits per heavy atom. The first-order chi connectivity index (χ1) is 23.0. The summed E-state index contributed by atoms with van der Waals surface area (Å²) in [5.41, 5.74) is -1.14. The van der Waals surface area contributed by atoms with Crippen LogP contribution in [0.4, 0.5) is 26.3 Å². The van der Waals surface area contributed by atoms with Gasteiger partial charge in [0, 0.05) is 69.9 Å². The summed E-state index contributed by atoms with van der Waals surface area (Å²) < 4.78 is 94.6. The molecule has 0 N–H and O–H groups in total. The Morgan fingerprint density at radius 1 is 0.604 bits per heavy atom. The highest BCUT2D eigenvalue weighted by Crippen LogP contribution is 2.56. The highest BCUT2D eigenvalue weighted by molar-refractivity contribution is 6.08. The molecule has 0 bridgehead atoms. The largest absolute Gasteiger partial charge is 0.411 e. The fraction of sp³-hybridized carbons (Fsp3) is 0.158. The van der Waals surface area contributed by atoms with Gasteiger partial charge in [0.05, 0.1) is 16.6 Å². The van der Waals surface area contributed by atoms with Crippen molar-refractivity contribution in [2.45, 2.75) is 30.6 Å². The zero-order valence-corrected chi connectivity index (χ0v) is 25.4. The van der Waals surface area contributed by atoms with Crippen LogP contribution in [-0.2, 0) is 5.41 Å². The van der Waals surface area contributed by atoms with Crippen LogP contribution in [0.1, 0.15) is 35.2 Å². The minimum Gasteiger partial charge on any atom is -0.313 e. The number of aromatic nitrogens is 3. The maximum atomic E-state index is 15.1. The first kappa shape index (κ1) is 30.0. The zero-order chi connectivity index (χ0) is 33.4. The van der Waals surface area contributed by atoms with Crippen molar-refractivity contribution in [2.24, 2.45) is 4.99 Å². The van der Waals surface area contributed by atoms with Gasteiger partial charge in [-0.1, -0.05) is 67.6 Å². The molecule has 4 aromatic carbocycles. The molecule has 3 aromatic heterocycles. The Kier molecular flexibility index (Phi) is 6.60. The summed E-state index contributed by atoms with van der Waals surface area (Å²) in [4.78, 5) is 8.65. The van der Waals surface area contributed by atoms with E-state index in [1.807, 2.05) is 64.6 Å². The van der Waals surface area contributed by atoms with Gasteiger partial charge in [-0.15, -0.1) is 0 Å². The lowest BCUT2D eigenvalue weighted by Crippen LogP contribution is -2.54. The summed E-state index contributed by atoms with van der Waals surface area (Å²) in [5, 5.41) is 2.59. The normalized spacial score (nSPS) is 15.4. The van der Waals surface area contributed by atoms with Crippen LogP contribution >= 0.6 is 0 Å². The molecule has 1 aliphatic heterocycles. The Hall–Kier alpha value is -5.38. The minimum absolute atomic E-state index is 0.00849. The molecule has 10 heteroatoms. The minimum atomic E-state index is -5.71. The molecule has 1 unspecified atom stereocenters. The van der Waals surface area contributed by atoms with Crippen LogP contribution in [0.2, 0.25) is 0 Å². The standard InChI is InChI=1S/C38H26F6N4/c1-23-20-46-22-31-29-7-3-5-9-33(29)48(35(23)31)27-16-12-25(13-17-27)36(37(39,40)41,38(42,43)44)24-10-14-26(15-11-24)47-32-8-4-2-6-28(32)30-21-45-19-18-34(30)47/h2-19,21-23H,20H2,1H3. The summed E-state index contributed by atoms with van der Waals surface area (Å²) in [7, 11) is 0. The Morgan fingerprint density at radius 2 is 1.12 bits per heavy atom. The van der Waals surface area contributed by atoms with E-state index in [9.17, 15) is 0 Å². The average Bonchev–Trinajstić information content (AvgIpc) is 3.59. The van der Waals surface area contributed by atoms with Gasteiger partial charge in [-0.3, -0.25) is 9.98 Å². The molecule has 0 amide bonds. The summed E-state index contributed by atoms with van der Waals surface area (Å²) in [6.07, 6.45) is -6.37. The second kappa shape index (κ2) is 10.6. The Balaban J connectivity index is 1.29. The van der Waals surface area contributed by atoms with Crippen LogP contribution in [-0.4, -0.2) is 39.2 Å². The number of alkyl halides is 6. The Bertz CT molecular complexity index is 2290. The number of aliphatic imine (C=N–C) groups is 1. The third kappa shape index (κ3) is 4.17. The monoisotopic (exact) mass is 652 g/mol. The molecule has 7 aromatic rings. The molecule has 0 saturated heterocycles. The summed E-state index contributed by atoms with van der Waals surface area (Å²) >= 11 is 0. The average molecular weight is 653 g/mol. The predicted molar refractivity (Wildman–Crippen MR) is 176 cm³/mol. The van der Waals surface area contributed by atoms with Crippen LogP contribution in [0.3, 0.4) is 0 Å².